The number of carbonyl (C=O) groups excluding carboxylic acids is 3. The minimum absolute atomic E-state index is 0.00465. The highest BCUT2D eigenvalue weighted by Crippen LogP contribution is 2.10. The SMILES string of the molecule is CC/C=C/C=C/C=C/C=C/C=C/C=C/CCCCCC(=O)OC(COCCC(C(=O)[O-])[N+](C)(C)C)COC(=O)CCCC/C=C/C/C=C/CC. The molecule has 0 aromatic carbocycles. The van der Waals surface area contributed by atoms with Crippen molar-refractivity contribution >= 4 is 17.9 Å². The number of rotatable bonds is 30. The standard InChI is InChI=1S/C42H65NO7/c1-6-8-10-12-14-16-17-18-19-20-21-22-23-25-27-29-31-33-41(45)50-38(36-48-35-34-39(42(46)47)43(3,4)5)37-49-40(44)32-30-28-26-24-15-13-11-9-7-2/h8-12,14-24,38-39H,6-7,13,25-37H2,1-5H3/b10-8+,11-9+,14-12+,17-16+,19-18+,21-20+,23-22+,24-15+. The van der Waals surface area contributed by atoms with E-state index < -0.39 is 18.1 Å². The first-order chi connectivity index (χ1) is 24.1. The lowest BCUT2D eigenvalue weighted by atomic mass is 10.1. The Balaban J connectivity index is 4.60. The van der Waals surface area contributed by atoms with Gasteiger partial charge in [-0.3, -0.25) is 9.59 Å². The van der Waals surface area contributed by atoms with Gasteiger partial charge in [0.05, 0.1) is 40.3 Å². The van der Waals surface area contributed by atoms with Crippen molar-refractivity contribution in [2.75, 3.05) is 41.0 Å². The van der Waals surface area contributed by atoms with Gasteiger partial charge in [0.1, 0.15) is 12.6 Å². The summed E-state index contributed by atoms with van der Waals surface area (Å²) < 4.78 is 16.9. The molecule has 0 fully saturated rings. The van der Waals surface area contributed by atoms with Crippen LogP contribution in [0, 0.1) is 0 Å². The lowest BCUT2D eigenvalue weighted by Gasteiger charge is -2.34. The number of carbonyl (C=O) groups is 3. The van der Waals surface area contributed by atoms with E-state index in [-0.39, 0.29) is 55.5 Å². The molecule has 2 atom stereocenters. The van der Waals surface area contributed by atoms with Gasteiger partial charge in [-0.1, -0.05) is 117 Å². The zero-order valence-electron chi connectivity index (χ0n) is 31.5. The highest BCUT2D eigenvalue weighted by molar-refractivity contribution is 5.70. The molecule has 0 N–H and O–H groups in total. The van der Waals surface area contributed by atoms with Gasteiger partial charge in [-0.15, -0.1) is 0 Å². The van der Waals surface area contributed by atoms with Gasteiger partial charge in [0.15, 0.2) is 6.10 Å². The molecule has 0 rings (SSSR count). The Kier molecular flexibility index (Phi) is 30.0. The highest BCUT2D eigenvalue weighted by Gasteiger charge is 2.25. The van der Waals surface area contributed by atoms with Crippen LogP contribution in [0.3, 0.4) is 0 Å². The molecule has 2 unspecified atom stereocenters. The van der Waals surface area contributed by atoms with Crippen molar-refractivity contribution in [1.82, 2.24) is 0 Å². The van der Waals surface area contributed by atoms with Crippen LogP contribution in [-0.2, 0) is 28.6 Å². The number of unbranched alkanes of at least 4 members (excludes halogenated alkanes) is 5. The smallest absolute Gasteiger partial charge is 0.306 e. The van der Waals surface area contributed by atoms with Gasteiger partial charge < -0.3 is 28.6 Å². The average Bonchev–Trinajstić information content (AvgIpc) is 3.06. The second-order valence-corrected chi connectivity index (χ2v) is 12.8. The summed E-state index contributed by atoms with van der Waals surface area (Å²) in [5.74, 6) is -1.86. The van der Waals surface area contributed by atoms with E-state index in [1.165, 1.54) is 0 Å². The number of quaternary nitrogens is 1. The van der Waals surface area contributed by atoms with E-state index in [1.807, 2.05) is 60.8 Å². The number of aliphatic carboxylic acids is 1. The number of likely N-dealkylation sites (N-methyl/N-ethyl adjacent to an activating group) is 1. The van der Waals surface area contributed by atoms with E-state index >= 15 is 0 Å². The number of carboxylic acid groups (broad SMARTS) is 1. The molecular weight excluding hydrogens is 630 g/mol. The Morgan fingerprint density at radius 3 is 1.78 bits per heavy atom. The summed E-state index contributed by atoms with van der Waals surface area (Å²) in [6.07, 6.45) is 41.6. The molecule has 8 heteroatoms. The van der Waals surface area contributed by atoms with Crippen molar-refractivity contribution in [2.45, 2.75) is 109 Å². The molecule has 0 heterocycles. The maximum Gasteiger partial charge on any atom is 0.306 e. The topological polar surface area (TPSA) is 102 Å². The van der Waals surface area contributed by atoms with Crippen LogP contribution in [-0.4, -0.2) is 75.5 Å². The monoisotopic (exact) mass is 695 g/mol. The van der Waals surface area contributed by atoms with E-state index in [4.69, 9.17) is 14.2 Å². The van der Waals surface area contributed by atoms with E-state index in [2.05, 4.69) is 50.3 Å². The van der Waals surface area contributed by atoms with Gasteiger partial charge in [0.2, 0.25) is 0 Å². The van der Waals surface area contributed by atoms with E-state index in [9.17, 15) is 19.5 Å². The van der Waals surface area contributed by atoms with Crippen molar-refractivity contribution in [3.05, 3.63) is 97.2 Å². The Morgan fingerprint density at radius 2 is 1.16 bits per heavy atom. The Bertz CT molecular complexity index is 1140. The fourth-order valence-electron chi connectivity index (χ4n) is 4.55. The third-order valence-corrected chi connectivity index (χ3v) is 7.38. The zero-order valence-corrected chi connectivity index (χ0v) is 31.5. The Morgan fingerprint density at radius 1 is 0.620 bits per heavy atom. The molecule has 0 aliphatic heterocycles. The van der Waals surface area contributed by atoms with Crippen molar-refractivity contribution < 1.29 is 38.2 Å². The van der Waals surface area contributed by atoms with Crippen LogP contribution in [0.15, 0.2) is 97.2 Å². The van der Waals surface area contributed by atoms with Gasteiger partial charge in [-0.2, -0.15) is 0 Å². The van der Waals surface area contributed by atoms with Crippen molar-refractivity contribution in [2.24, 2.45) is 0 Å². The van der Waals surface area contributed by atoms with Gasteiger partial charge in [-0.25, -0.2) is 0 Å². The largest absolute Gasteiger partial charge is 0.544 e. The fraction of sp³-hybridized carbons (Fsp3) is 0.548. The summed E-state index contributed by atoms with van der Waals surface area (Å²) in [6, 6.07) is -0.743. The number of nitrogens with zero attached hydrogens (tertiary/aromatic N) is 1. The molecule has 0 bridgehead atoms. The highest BCUT2D eigenvalue weighted by atomic mass is 16.6. The third-order valence-electron chi connectivity index (χ3n) is 7.38. The first-order valence-corrected chi connectivity index (χ1v) is 18.3. The molecule has 0 aromatic heterocycles. The second kappa shape index (κ2) is 32.5. The summed E-state index contributed by atoms with van der Waals surface area (Å²) in [6.45, 7) is 4.25. The number of hydrogen-bond donors (Lipinski definition) is 0. The minimum Gasteiger partial charge on any atom is -0.544 e. The minimum atomic E-state index is -1.14. The number of esters is 2. The van der Waals surface area contributed by atoms with Crippen LogP contribution >= 0.6 is 0 Å². The third kappa shape index (κ3) is 30.3. The molecule has 0 aromatic rings. The summed E-state index contributed by atoms with van der Waals surface area (Å²) in [4.78, 5) is 36.5. The normalized spacial score (nSPS) is 14.2. The first-order valence-electron chi connectivity index (χ1n) is 18.3. The van der Waals surface area contributed by atoms with Crippen LogP contribution < -0.4 is 5.11 Å². The van der Waals surface area contributed by atoms with Crippen molar-refractivity contribution in [1.29, 1.82) is 0 Å². The maximum absolute atomic E-state index is 12.6. The van der Waals surface area contributed by atoms with Gasteiger partial charge in [0, 0.05) is 19.3 Å². The maximum atomic E-state index is 12.6. The first kappa shape index (κ1) is 46.2. The molecule has 0 amide bonds. The lowest BCUT2D eigenvalue weighted by molar-refractivity contribution is -0.889. The van der Waals surface area contributed by atoms with E-state index in [0.29, 0.717) is 12.8 Å². The van der Waals surface area contributed by atoms with Crippen LogP contribution in [0.4, 0.5) is 0 Å². The molecular formula is C42H65NO7. The van der Waals surface area contributed by atoms with E-state index in [1.54, 1.807) is 21.1 Å². The molecule has 0 saturated carbocycles. The average molecular weight is 696 g/mol. The Labute approximate surface area is 303 Å². The van der Waals surface area contributed by atoms with Crippen LogP contribution in [0.2, 0.25) is 0 Å². The van der Waals surface area contributed by atoms with Gasteiger partial charge in [-0.05, 0) is 57.8 Å². The van der Waals surface area contributed by atoms with Crippen molar-refractivity contribution in [3.63, 3.8) is 0 Å². The summed E-state index contributed by atoms with van der Waals surface area (Å²) in [5.41, 5.74) is 0. The lowest BCUT2D eigenvalue weighted by Crippen LogP contribution is -2.55. The fourth-order valence-corrected chi connectivity index (χ4v) is 4.55. The summed E-state index contributed by atoms with van der Waals surface area (Å²) >= 11 is 0. The zero-order chi connectivity index (χ0) is 37.1. The Hall–Kier alpha value is -3.75. The number of allylic oxidation sites excluding steroid dienone is 16. The molecule has 0 aliphatic rings. The summed E-state index contributed by atoms with van der Waals surface area (Å²) in [7, 11) is 5.35. The van der Waals surface area contributed by atoms with Gasteiger partial charge in [0.25, 0.3) is 0 Å². The number of carboxylic acids is 1. The number of ether oxygens (including phenoxy) is 3. The van der Waals surface area contributed by atoms with Crippen LogP contribution in [0.1, 0.15) is 97.3 Å². The second-order valence-electron chi connectivity index (χ2n) is 12.8. The molecule has 0 saturated heterocycles. The molecule has 0 aliphatic carbocycles. The van der Waals surface area contributed by atoms with Crippen LogP contribution in [0.5, 0.6) is 0 Å². The van der Waals surface area contributed by atoms with Gasteiger partial charge >= 0.3 is 11.9 Å². The van der Waals surface area contributed by atoms with Crippen LogP contribution in [0.25, 0.3) is 0 Å². The predicted molar refractivity (Wildman–Crippen MR) is 203 cm³/mol. The summed E-state index contributed by atoms with van der Waals surface area (Å²) in [5, 5.41) is 11.6. The molecule has 8 nitrogen and oxygen atoms in total. The number of hydrogen-bond acceptors (Lipinski definition) is 7. The quantitative estimate of drug-likeness (QED) is 0.0248. The molecule has 0 radical (unpaired) electrons. The van der Waals surface area contributed by atoms with Crippen molar-refractivity contribution in [3.8, 4) is 0 Å². The van der Waals surface area contributed by atoms with E-state index in [0.717, 1.165) is 51.4 Å². The molecule has 50 heavy (non-hydrogen) atoms. The molecule has 280 valence electrons. The predicted octanol–water partition coefficient (Wildman–Crippen LogP) is 7.84. The molecule has 0 spiro atoms.